The largest absolute Gasteiger partial charge is 0.374 e. The van der Waals surface area contributed by atoms with E-state index in [4.69, 9.17) is 0 Å². The summed E-state index contributed by atoms with van der Waals surface area (Å²) < 4.78 is 0. The summed E-state index contributed by atoms with van der Waals surface area (Å²) in [5.41, 5.74) is 4.68. The summed E-state index contributed by atoms with van der Waals surface area (Å²) in [6.45, 7) is 26.9. The molecule has 0 heterocycles. The van der Waals surface area contributed by atoms with E-state index in [1.807, 2.05) is 6.08 Å². The predicted octanol–water partition coefficient (Wildman–Crippen LogP) is 5.64. The maximum atomic E-state index is 4.25. The number of rotatable bonds is 12. The van der Waals surface area contributed by atoms with Crippen molar-refractivity contribution in [2.75, 3.05) is 27.2 Å². The molecule has 0 saturated carbocycles. The molecule has 0 spiro atoms. The topological polar surface area (TPSA) is 6.48 Å². The van der Waals surface area contributed by atoms with Gasteiger partial charge in [-0.25, -0.2) is 0 Å². The first-order valence-corrected chi connectivity index (χ1v) is 8.86. The minimum absolute atomic E-state index is 0.492. The molecular weight excluding hydrogens is 292 g/mol. The standard InChI is InChI=1S/C22H38N2/c1-11-12-13-20(6)24(10)16-19(5)18(4)14-15-23(9)22(8)21(7)17(2)3/h11,14,17,21H,1,5-6,8,12-13,15-16H2,2-4,7,9-10H3/b18-14+. The number of allylic oxidation sites excluding steroid dienone is 3. The molecule has 0 aromatic rings. The predicted molar refractivity (Wildman–Crippen MR) is 110 cm³/mol. The summed E-state index contributed by atoms with van der Waals surface area (Å²) >= 11 is 0. The lowest BCUT2D eigenvalue weighted by Crippen LogP contribution is -2.24. The lowest BCUT2D eigenvalue weighted by atomic mass is 9.94. The number of likely N-dealkylation sites (N-methyl/N-ethyl adjacent to an activating group) is 2. The number of hydrogen-bond acceptors (Lipinski definition) is 2. The maximum absolute atomic E-state index is 4.25. The van der Waals surface area contributed by atoms with Gasteiger partial charge in [-0.1, -0.05) is 52.7 Å². The molecule has 0 aliphatic carbocycles. The molecule has 1 unspecified atom stereocenters. The van der Waals surface area contributed by atoms with Gasteiger partial charge in [-0.2, -0.15) is 0 Å². The van der Waals surface area contributed by atoms with Gasteiger partial charge < -0.3 is 9.80 Å². The fourth-order valence-electron chi connectivity index (χ4n) is 2.25. The first kappa shape index (κ1) is 22.3. The fourth-order valence-corrected chi connectivity index (χ4v) is 2.25. The van der Waals surface area contributed by atoms with Crippen molar-refractivity contribution in [3.8, 4) is 0 Å². The van der Waals surface area contributed by atoms with E-state index >= 15 is 0 Å². The molecule has 0 N–H and O–H groups in total. The maximum Gasteiger partial charge on any atom is 0.0419 e. The molecule has 0 rings (SSSR count). The average molecular weight is 331 g/mol. The van der Waals surface area contributed by atoms with Crippen LogP contribution < -0.4 is 0 Å². The lowest BCUT2D eigenvalue weighted by molar-refractivity contribution is 0.348. The second-order valence-electron chi connectivity index (χ2n) is 7.14. The van der Waals surface area contributed by atoms with Crippen LogP contribution in [0.2, 0.25) is 0 Å². The summed E-state index contributed by atoms with van der Waals surface area (Å²) in [4.78, 5) is 4.40. The highest BCUT2D eigenvalue weighted by Gasteiger charge is 2.14. The Kier molecular flexibility index (Phi) is 10.2. The Labute approximate surface area is 150 Å². The normalized spacial score (nSPS) is 12.7. The highest BCUT2D eigenvalue weighted by molar-refractivity contribution is 5.28. The molecule has 0 bridgehead atoms. The Hall–Kier alpha value is -1.70. The molecule has 24 heavy (non-hydrogen) atoms. The van der Waals surface area contributed by atoms with Gasteiger partial charge in [0.2, 0.25) is 0 Å². The van der Waals surface area contributed by atoms with Crippen LogP contribution >= 0.6 is 0 Å². The Morgan fingerprint density at radius 2 is 1.62 bits per heavy atom. The highest BCUT2D eigenvalue weighted by Crippen LogP contribution is 2.21. The Morgan fingerprint density at radius 1 is 1.04 bits per heavy atom. The summed E-state index contributed by atoms with van der Waals surface area (Å²) in [6, 6.07) is 0. The highest BCUT2D eigenvalue weighted by atomic mass is 15.1. The molecule has 0 amide bonds. The van der Waals surface area contributed by atoms with Gasteiger partial charge >= 0.3 is 0 Å². The van der Waals surface area contributed by atoms with Crippen LogP contribution in [0.25, 0.3) is 0 Å². The van der Waals surface area contributed by atoms with Crippen molar-refractivity contribution in [2.45, 2.75) is 40.5 Å². The molecule has 0 aliphatic heterocycles. The van der Waals surface area contributed by atoms with Crippen LogP contribution in [0.15, 0.2) is 61.0 Å². The lowest BCUT2D eigenvalue weighted by Gasteiger charge is -2.28. The van der Waals surface area contributed by atoms with Gasteiger partial charge in [-0.15, -0.1) is 6.58 Å². The zero-order chi connectivity index (χ0) is 18.9. The monoisotopic (exact) mass is 330 g/mol. The second-order valence-corrected chi connectivity index (χ2v) is 7.14. The summed E-state index contributed by atoms with van der Waals surface area (Å²) in [5, 5.41) is 0. The second kappa shape index (κ2) is 11.0. The van der Waals surface area contributed by atoms with E-state index in [0.717, 1.165) is 37.2 Å². The van der Waals surface area contributed by atoms with Crippen molar-refractivity contribution in [1.82, 2.24) is 9.80 Å². The van der Waals surface area contributed by atoms with Gasteiger partial charge in [0.05, 0.1) is 0 Å². The van der Waals surface area contributed by atoms with Gasteiger partial charge in [0, 0.05) is 38.6 Å². The Balaban J connectivity index is 4.56. The summed E-state index contributed by atoms with van der Waals surface area (Å²) in [6.07, 6.45) is 6.08. The van der Waals surface area contributed by atoms with Gasteiger partial charge in [0.15, 0.2) is 0 Å². The van der Waals surface area contributed by atoms with Crippen LogP contribution in [0, 0.1) is 11.8 Å². The first-order valence-electron chi connectivity index (χ1n) is 8.86. The molecule has 0 saturated heterocycles. The van der Waals surface area contributed by atoms with E-state index in [2.05, 4.69) is 84.0 Å². The molecule has 0 aromatic heterocycles. The van der Waals surface area contributed by atoms with Crippen LogP contribution in [0.1, 0.15) is 40.5 Å². The van der Waals surface area contributed by atoms with Crippen molar-refractivity contribution in [3.63, 3.8) is 0 Å². The van der Waals surface area contributed by atoms with Gasteiger partial charge in [-0.3, -0.25) is 0 Å². The molecule has 2 heteroatoms. The summed E-state index contributed by atoms with van der Waals surface area (Å²) in [5.74, 6) is 1.10. The van der Waals surface area contributed by atoms with Crippen LogP contribution in [0.3, 0.4) is 0 Å². The van der Waals surface area contributed by atoms with Crippen molar-refractivity contribution in [1.29, 1.82) is 0 Å². The third-order valence-corrected chi connectivity index (χ3v) is 4.85. The number of hydrogen-bond donors (Lipinski definition) is 0. The third kappa shape index (κ3) is 7.72. The van der Waals surface area contributed by atoms with E-state index in [1.165, 1.54) is 11.3 Å². The van der Waals surface area contributed by atoms with E-state index in [9.17, 15) is 0 Å². The molecular formula is C22H38N2. The van der Waals surface area contributed by atoms with E-state index < -0.39 is 0 Å². The van der Waals surface area contributed by atoms with Gasteiger partial charge in [0.1, 0.15) is 0 Å². The van der Waals surface area contributed by atoms with Crippen LogP contribution in [0.5, 0.6) is 0 Å². The van der Waals surface area contributed by atoms with Crippen molar-refractivity contribution >= 4 is 0 Å². The Morgan fingerprint density at radius 3 is 2.12 bits per heavy atom. The molecule has 1 atom stereocenters. The van der Waals surface area contributed by atoms with Crippen molar-refractivity contribution < 1.29 is 0 Å². The zero-order valence-corrected chi connectivity index (χ0v) is 16.9. The van der Waals surface area contributed by atoms with Crippen LogP contribution in [-0.4, -0.2) is 37.0 Å². The Bertz CT molecular complexity index is 482. The fraction of sp³-hybridized carbons (Fsp3) is 0.545. The smallest absolute Gasteiger partial charge is 0.0419 e. The van der Waals surface area contributed by atoms with E-state index in [1.54, 1.807) is 0 Å². The zero-order valence-electron chi connectivity index (χ0n) is 16.9. The molecule has 0 aromatic carbocycles. The molecule has 0 aliphatic rings. The molecule has 136 valence electrons. The first-order chi connectivity index (χ1) is 11.1. The van der Waals surface area contributed by atoms with Crippen molar-refractivity contribution in [2.24, 2.45) is 11.8 Å². The van der Waals surface area contributed by atoms with Crippen LogP contribution in [0.4, 0.5) is 0 Å². The average Bonchev–Trinajstić information content (AvgIpc) is 2.55. The third-order valence-electron chi connectivity index (χ3n) is 4.85. The van der Waals surface area contributed by atoms with E-state index in [0.29, 0.717) is 11.8 Å². The SMILES string of the molecule is C=CCCC(=C)N(C)CC(=C)/C(C)=C/CN(C)C(=C)C(C)C(C)C. The van der Waals surface area contributed by atoms with Crippen molar-refractivity contribution in [3.05, 3.63) is 61.0 Å². The minimum atomic E-state index is 0.492. The molecule has 2 nitrogen and oxygen atoms in total. The van der Waals surface area contributed by atoms with Gasteiger partial charge in [0.25, 0.3) is 0 Å². The van der Waals surface area contributed by atoms with E-state index in [-0.39, 0.29) is 0 Å². The van der Waals surface area contributed by atoms with Gasteiger partial charge in [-0.05, 0) is 42.7 Å². The number of nitrogens with zero attached hydrogens (tertiary/aromatic N) is 2. The summed E-state index contributed by atoms with van der Waals surface area (Å²) in [7, 11) is 4.18. The van der Waals surface area contributed by atoms with Crippen LogP contribution in [-0.2, 0) is 0 Å². The quantitative estimate of drug-likeness (QED) is 0.337. The molecule has 0 fully saturated rings. The molecule has 0 radical (unpaired) electrons. The minimum Gasteiger partial charge on any atom is -0.374 e.